The van der Waals surface area contributed by atoms with Gasteiger partial charge in [-0.1, -0.05) is 0 Å². The van der Waals surface area contributed by atoms with Crippen molar-refractivity contribution in [3.63, 3.8) is 0 Å². The fraction of sp³-hybridized carbons (Fsp3) is 0.273. The molecule has 0 radical (unpaired) electrons. The highest BCUT2D eigenvalue weighted by atomic mass is 16.5. The highest BCUT2D eigenvalue weighted by Crippen LogP contribution is 2.14. The second-order valence-corrected chi connectivity index (χ2v) is 2.94. The molecule has 0 amide bonds. The average Bonchev–Trinajstić information content (AvgIpc) is 2.27. The standard InChI is InChI=1S/C11H11NO2/c1-8(7-12)11(13)9-3-5-10(14-2)6-4-9/h3-6,8H,1-2H3/t8-/m1/s1. The Morgan fingerprint density at radius 1 is 1.43 bits per heavy atom. The molecule has 3 heteroatoms. The number of hydrogen-bond acceptors (Lipinski definition) is 3. The Hall–Kier alpha value is -1.82. The monoisotopic (exact) mass is 189 g/mol. The summed E-state index contributed by atoms with van der Waals surface area (Å²) < 4.78 is 4.96. The van der Waals surface area contributed by atoms with Crippen molar-refractivity contribution < 1.29 is 9.53 Å². The molecule has 3 nitrogen and oxygen atoms in total. The molecule has 0 bridgehead atoms. The molecule has 1 aromatic carbocycles. The van der Waals surface area contributed by atoms with E-state index in [9.17, 15) is 4.79 Å². The Bertz CT molecular complexity index is 362. The number of nitrogens with zero attached hydrogens (tertiary/aromatic N) is 1. The molecule has 0 fully saturated rings. The smallest absolute Gasteiger partial charge is 0.179 e. The number of hydrogen-bond donors (Lipinski definition) is 0. The number of methoxy groups -OCH3 is 1. The Labute approximate surface area is 82.9 Å². The third-order valence-electron chi connectivity index (χ3n) is 1.96. The summed E-state index contributed by atoms with van der Waals surface area (Å²) in [5, 5.41) is 8.57. The Morgan fingerprint density at radius 2 is 2.00 bits per heavy atom. The molecule has 0 aliphatic heterocycles. The predicted octanol–water partition coefficient (Wildman–Crippen LogP) is 2.04. The molecule has 0 heterocycles. The van der Waals surface area contributed by atoms with Crippen LogP contribution >= 0.6 is 0 Å². The van der Waals surface area contributed by atoms with Crippen LogP contribution in [0.3, 0.4) is 0 Å². The van der Waals surface area contributed by atoms with Crippen LogP contribution in [0.4, 0.5) is 0 Å². The lowest BCUT2D eigenvalue weighted by Crippen LogP contribution is -2.08. The highest BCUT2D eigenvalue weighted by Gasteiger charge is 2.13. The van der Waals surface area contributed by atoms with Crippen LogP contribution in [0.5, 0.6) is 5.75 Å². The first kappa shape index (κ1) is 10.3. The minimum atomic E-state index is -0.594. The number of rotatable bonds is 3. The quantitative estimate of drug-likeness (QED) is 0.683. The van der Waals surface area contributed by atoms with Crippen LogP contribution < -0.4 is 4.74 Å². The Kier molecular flexibility index (Phi) is 3.24. The third-order valence-corrected chi connectivity index (χ3v) is 1.96. The predicted molar refractivity (Wildman–Crippen MR) is 52.1 cm³/mol. The number of carbonyl (C=O) groups is 1. The molecule has 0 saturated heterocycles. The van der Waals surface area contributed by atoms with E-state index in [1.165, 1.54) is 0 Å². The van der Waals surface area contributed by atoms with Gasteiger partial charge in [0.2, 0.25) is 0 Å². The molecule has 1 aromatic rings. The number of Topliss-reactive ketones (excluding diaryl/α,β-unsaturated/α-hetero) is 1. The Balaban J connectivity index is 2.88. The molecule has 0 saturated carbocycles. The minimum Gasteiger partial charge on any atom is -0.497 e. The van der Waals surface area contributed by atoms with Crippen LogP contribution in [0, 0.1) is 17.2 Å². The molecule has 0 spiro atoms. The van der Waals surface area contributed by atoms with Crippen LogP contribution in [0.2, 0.25) is 0 Å². The van der Waals surface area contributed by atoms with E-state index in [1.54, 1.807) is 38.3 Å². The van der Waals surface area contributed by atoms with Crippen molar-refractivity contribution in [2.24, 2.45) is 5.92 Å². The van der Waals surface area contributed by atoms with Crippen molar-refractivity contribution in [1.82, 2.24) is 0 Å². The van der Waals surface area contributed by atoms with E-state index in [1.807, 2.05) is 6.07 Å². The maximum absolute atomic E-state index is 11.5. The van der Waals surface area contributed by atoms with Crippen molar-refractivity contribution >= 4 is 5.78 Å². The van der Waals surface area contributed by atoms with Crippen LogP contribution in [-0.4, -0.2) is 12.9 Å². The number of benzene rings is 1. The number of ether oxygens (including phenoxy) is 1. The van der Waals surface area contributed by atoms with Crippen LogP contribution in [0.25, 0.3) is 0 Å². The van der Waals surface area contributed by atoms with Gasteiger partial charge in [0.1, 0.15) is 11.7 Å². The second kappa shape index (κ2) is 4.43. The van der Waals surface area contributed by atoms with Gasteiger partial charge in [0.15, 0.2) is 5.78 Å². The molecule has 72 valence electrons. The molecular weight excluding hydrogens is 178 g/mol. The Morgan fingerprint density at radius 3 is 2.43 bits per heavy atom. The van der Waals surface area contributed by atoms with E-state index < -0.39 is 5.92 Å². The van der Waals surface area contributed by atoms with E-state index >= 15 is 0 Å². The SMILES string of the molecule is COc1ccc(C(=O)[C@H](C)C#N)cc1. The molecule has 1 atom stereocenters. The lowest BCUT2D eigenvalue weighted by Gasteiger charge is -2.03. The third kappa shape index (κ3) is 2.11. The summed E-state index contributed by atoms with van der Waals surface area (Å²) >= 11 is 0. The summed E-state index contributed by atoms with van der Waals surface area (Å²) in [7, 11) is 1.56. The summed E-state index contributed by atoms with van der Waals surface area (Å²) in [5.74, 6) is -0.0512. The van der Waals surface area contributed by atoms with E-state index in [-0.39, 0.29) is 5.78 Å². The van der Waals surface area contributed by atoms with E-state index in [4.69, 9.17) is 10.00 Å². The molecule has 0 unspecified atom stereocenters. The van der Waals surface area contributed by atoms with E-state index in [0.717, 1.165) is 0 Å². The summed E-state index contributed by atoms with van der Waals surface area (Å²) in [5.41, 5.74) is 0.542. The van der Waals surface area contributed by atoms with Crippen molar-refractivity contribution in [1.29, 1.82) is 5.26 Å². The lowest BCUT2D eigenvalue weighted by atomic mass is 10.0. The minimum absolute atomic E-state index is 0.157. The van der Waals surface area contributed by atoms with E-state index in [0.29, 0.717) is 11.3 Å². The summed E-state index contributed by atoms with van der Waals surface area (Å²) in [4.78, 5) is 11.5. The highest BCUT2D eigenvalue weighted by molar-refractivity contribution is 5.99. The number of ketones is 1. The van der Waals surface area contributed by atoms with Crippen LogP contribution in [0.1, 0.15) is 17.3 Å². The molecule has 1 rings (SSSR count). The van der Waals surface area contributed by atoms with Crippen molar-refractivity contribution in [3.8, 4) is 11.8 Å². The first-order valence-electron chi connectivity index (χ1n) is 4.27. The topological polar surface area (TPSA) is 50.1 Å². The zero-order valence-corrected chi connectivity index (χ0v) is 8.15. The molecule has 0 aliphatic carbocycles. The lowest BCUT2D eigenvalue weighted by molar-refractivity contribution is 0.0956. The van der Waals surface area contributed by atoms with Crippen molar-refractivity contribution in [3.05, 3.63) is 29.8 Å². The number of nitriles is 1. The van der Waals surface area contributed by atoms with Gasteiger partial charge in [-0.15, -0.1) is 0 Å². The van der Waals surface area contributed by atoms with E-state index in [2.05, 4.69) is 0 Å². The van der Waals surface area contributed by atoms with Gasteiger partial charge in [-0.2, -0.15) is 5.26 Å². The summed E-state index contributed by atoms with van der Waals surface area (Å²) in [6.45, 7) is 1.59. The van der Waals surface area contributed by atoms with Gasteiger partial charge in [-0.25, -0.2) is 0 Å². The zero-order valence-electron chi connectivity index (χ0n) is 8.15. The van der Waals surface area contributed by atoms with Crippen molar-refractivity contribution in [2.45, 2.75) is 6.92 Å². The first-order valence-corrected chi connectivity index (χ1v) is 4.27. The van der Waals surface area contributed by atoms with Gasteiger partial charge in [0.25, 0.3) is 0 Å². The molecule has 0 N–H and O–H groups in total. The largest absolute Gasteiger partial charge is 0.497 e. The molecular formula is C11H11NO2. The maximum Gasteiger partial charge on any atom is 0.179 e. The fourth-order valence-electron chi connectivity index (χ4n) is 1.06. The van der Waals surface area contributed by atoms with Crippen molar-refractivity contribution in [2.75, 3.05) is 7.11 Å². The summed E-state index contributed by atoms with van der Waals surface area (Å²) in [6, 6.07) is 8.65. The van der Waals surface area contributed by atoms with Crippen LogP contribution in [-0.2, 0) is 0 Å². The fourth-order valence-corrected chi connectivity index (χ4v) is 1.06. The van der Waals surface area contributed by atoms with Crippen LogP contribution in [0.15, 0.2) is 24.3 Å². The zero-order chi connectivity index (χ0) is 10.6. The second-order valence-electron chi connectivity index (χ2n) is 2.94. The average molecular weight is 189 g/mol. The first-order chi connectivity index (χ1) is 6.69. The van der Waals surface area contributed by atoms with Gasteiger partial charge >= 0.3 is 0 Å². The van der Waals surface area contributed by atoms with Gasteiger partial charge in [-0.05, 0) is 31.2 Å². The molecule has 14 heavy (non-hydrogen) atoms. The molecule has 0 aromatic heterocycles. The van der Waals surface area contributed by atoms with Gasteiger partial charge < -0.3 is 4.74 Å². The van der Waals surface area contributed by atoms with Gasteiger partial charge in [0.05, 0.1) is 13.2 Å². The maximum atomic E-state index is 11.5. The van der Waals surface area contributed by atoms with Gasteiger partial charge in [0, 0.05) is 5.56 Å². The normalized spacial score (nSPS) is 11.5. The number of carbonyl (C=O) groups excluding carboxylic acids is 1. The molecule has 0 aliphatic rings. The summed E-state index contributed by atoms with van der Waals surface area (Å²) in [6.07, 6.45) is 0. The van der Waals surface area contributed by atoms with Gasteiger partial charge in [-0.3, -0.25) is 4.79 Å².